The first kappa shape index (κ1) is 19.5. The summed E-state index contributed by atoms with van der Waals surface area (Å²) in [7, 11) is 1.50. The summed E-state index contributed by atoms with van der Waals surface area (Å²) >= 11 is 12.1. The third-order valence-corrected chi connectivity index (χ3v) is 5.14. The summed E-state index contributed by atoms with van der Waals surface area (Å²) in [5.41, 5.74) is 1.90. The zero-order chi connectivity index (χ0) is 19.6. The van der Waals surface area contributed by atoms with Crippen molar-refractivity contribution in [1.29, 1.82) is 0 Å². The summed E-state index contributed by atoms with van der Waals surface area (Å²) in [6.07, 6.45) is 1.35. The van der Waals surface area contributed by atoms with Gasteiger partial charge in [0.2, 0.25) is 5.91 Å². The average Bonchev–Trinajstić information content (AvgIpc) is 3.14. The van der Waals surface area contributed by atoms with Crippen LogP contribution in [0.4, 0.5) is 5.69 Å². The number of nitrogens with one attached hydrogen (secondary N) is 1. The van der Waals surface area contributed by atoms with E-state index < -0.39 is 6.04 Å². The van der Waals surface area contributed by atoms with Gasteiger partial charge in [-0.3, -0.25) is 9.59 Å². The molecule has 0 bridgehead atoms. The average molecular weight is 407 g/mol. The van der Waals surface area contributed by atoms with Crippen molar-refractivity contribution in [3.63, 3.8) is 0 Å². The van der Waals surface area contributed by atoms with Crippen LogP contribution < -0.4 is 10.1 Å². The van der Waals surface area contributed by atoms with E-state index in [1.165, 1.54) is 7.11 Å². The molecule has 27 heavy (non-hydrogen) atoms. The Labute approximate surface area is 168 Å². The van der Waals surface area contributed by atoms with Crippen molar-refractivity contribution in [1.82, 2.24) is 4.90 Å². The Morgan fingerprint density at radius 2 is 1.85 bits per heavy atom. The van der Waals surface area contributed by atoms with Gasteiger partial charge in [0, 0.05) is 22.3 Å². The molecule has 1 heterocycles. The number of carbonyl (C=O) groups excluding carboxylic acids is 2. The monoisotopic (exact) mass is 406 g/mol. The number of halogens is 2. The number of hydrogen-bond donors (Lipinski definition) is 1. The Hall–Kier alpha value is -2.24. The van der Waals surface area contributed by atoms with Crippen LogP contribution in [-0.2, 0) is 4.79 Å². The van der Waals surface area contributed by atoms with Crippen molar-refractivity contribution >= 4 is 40.7 Å². The molecule has 0 spiro atoms. The van der Waals surface area contributed by atoms with Crippen molar-refractivity contribution in [2.45, 2.75) is 25.8 Å². The molecule has 3 rings (SSSR count). The summed E-state index contributed by atoms with van der Waals surface area (Å²) in [4.78, 5) is 27.5. The first-order chi connectivity index (χ1) is 12.9. The summed E-state index contributed by atoms with van der Waals surface area (Å²) < 4.78 is 5.28. The van der Waals surface area contributed by atoms with Crippen LogP contribution in [0.15, 0.2) is 36.4 Å². The number of hydrogen-bond acceptors (Lipinski definition) is 3. The lowest BCUT2D eigenvalue weighted by Gasteiger charge is -2.25. The summed E-state index contributed by atoms with van der Waals surface area (Å²) in [5.74, 6) is -0.0665. The number of ether oxygens (including phenoxy) is 1. The lowest BCUT2D eigenvalue weighted by molar-refractivity contribution is -0.119. The standard InChI is InChI=1S/C20H20Cl2N2O3/c1-12-5-6-14(22)11-16(12)23-19(25)17-4-3-9-24(17)20(26)15-10-13(21)7-8-18(15)27-2/h5-8,10-11,17H,3-4,9H2,1-2H3,(H,23,25). The van der Waals surface area contributed by atoms with E-state index in [1.807, 2.05) is 13.0 Å². The minimum atomic E-state index is -0.556. The molecule has 7 heteroatoms. The topological polar surface area (TPSA) is 58.6 Å². The van der Waals surface area contributed by atoms with E-state index >= 15 is 0 Å². The van der Waals surface area contributed by atoms with Crippen LogP contribution >= 0.6 is 23.2 Å². The maximum absolute atomic E-state index is 13.1. The largest absolute Gasteiger partial charge is 0.496 e. The normalized spacial score (nSPS) is 16.3. The van der Waals surface area contributed by atoms with E-state index in [0.29, 0.717) is 40.0 Å². The van der Waals surface area contributed by atoms with Gasteiger partial charge in [-0.2, -0.15) is 0 Å². The zero-order valence-corrected chi connectivity index (χ0v) is 16.6. The number of methoxy groups -OCH3 is 1. The third kappa shape index (κ3) is 4.20. The van der Waals surface area contributed by atoms with Crippen molar-refractivity contribution in [3.8, 4) is 5.75 Å². The number of carbonyl (C=O) groups is 2. The van der Waals surface area contributed by atoms with Gasteiger partial charge in [-0.05, 0) is 55.7 Å². The highest BCUT2D eigenvalue weighted by atomic mass is 35.5. The molecule has 2 amide bonds. The number of rotatable bonds is 4. The van der Waals surface area contributed by atoms with Crippen LogP contribution in [0.25, 0.3) is 0 Å². The van der Waals surface area contributed by atoms with Crippen molar-refractivity contribution in [2.24, 2.45) is 0 Å². The first-order valence-electron chi connectivity index (χ1n) is 8.62. The molecule has 1 unspecified atom stereocenters. The van der Waals surface area contributed by atoms with E-state index in [2.05, 4.69) is 5.32 Å². The fraction of sp³-hybridized carbons (Fsp3) is 0.300. The molecular formula is C20H20Cl2N2O3. The van der Waals surface area contributed by atoms with Gasteiger partial charge in [0.15, 0.2) is 0 Å². The van der Waals surface area contributed by atoms with Crippen LogP contribution in [0.2, 0.25) is 10.0 Å². The second-order valence-electron chi connectivity index (χ2n) is 6.45. The van der Waals surface area contributed by atoms with Gasteiger partial charge in [-0.1, -0.05) is 29.3 Å². The van der Waals surface area contributed by atoms with Crippen molar-refractivity contribution in [3.05, 3.63) is 57.6 Å². The Morgan fingerprint density at radius 1 is 1.15 bits per heavy atom. The van der Waals surface area contributed by atoms with Crippen molar-refractivity contribution < 1.29 is 14.3 Å². The predicted octanol–water partition coefficient (Wildman–Crippen LogP) is 4.55. The van der Waals surface area contributed by atoms with Crippen LogP contribution in [0.3, 0.4) is 0 Å². The van der Waals surface area contributed by atoms with Crippen LogP contribution in [0.5, 0.6) is 5.75 Å². The molecule has 0 saturated carbocycles. The molecule has 0 aliphatic carbocycles. The zero-order valence-electron chi connectivity index (χ0n) is 15.1. The molecular weight excluding hydrogens is 387 g/mol. The minimum Gasteiger partial charge on any atom is -0.496 e. The Morgan fingerprint density at radius 3 is 2.59 bits per heavy atom. The van der Waals surface area contributed by atoms with Crippen molar-refractivity contribution in [2.75, 3.05) is 19.0 Å². The molecule has 1 saturated heterocycles. The fourth-order valence-electron chi connectivity index (χ4n) is 3.23. The van der Waals surface area contributed by atoms with Gasteiger partial charge in [0.1, 0.15) is 11.8 Å². The highest BCUT2D eigenvalue weighted by Crippen LogP contribution is 2.29. The van der Waals surface area contributed by atoms with Crippen LogP contribution in [0, 0.1) is 6.92 Å². The summed E-state index contributed by atoms with van der Waals surface area (Å²) in [6, 6.07) is 9.63. The minimum absolute atomic E-state index is 0.229. The Balaban J connectivity index is 1.82. The molecule has 1 fully saturated rings. The second-order valence-corrected chi connectivity index (χ2v) is 7.32. The molecule has 0 aromatic heterocycles. The molecule has 0 radical (unpaired) electrons. The third-order valence-electron chi connectivity index (χ3n) is 4.67. The molecule has 142 valence electrons. The number of aryl methyl sites for hydroxylation is 1. The molecule has 2 aromatic carbocycles. The van der Waals surface area contributed by atoms with Gasteiger partial charge < -0.3 is 15.0 Å². The fourth-order valence-corrected chi connectivity index (χ4v) is 3.57. The second kappa shape index (κ2) is 8.19. The van der Waals surface area contributed by atoms with E-state index in [9.17, 15) is 9.59 Å². The van der Waals surface area contributed by atoms with Crippen LogP contribution in [0.1, 0.15) is 28.8 Å². The summed E-state index contributed by atoms with van der Waals surface area (Å²) in [5, 5.41) is 3.87. The molecule has 1 aliphatic heterocycles. The van der Waals surface area contributed by atoms with Gasteiger partial charge >= 0.3 is 0 Å². The number of benzene rings is 2. The molecule has 1 atom stereocenters. The smallest absolute Gasteiger partial charge is 0.258 e. The summed E-state index contributed by atoms with van der Waals surface area (Å²) in [6.45, 7) is 2.39. The van der Waals surface area contributed by atoms with E-state index in [1.54, 1.807) is 35.2 Å². The van der Waals surface area contributed by atoms with Gasteiger partial charge in [-0.25, -0.2) is 0 Å². The van der Waals surface area contributed by atoms with Gasteiger partial charge in [-0.15, -0.1) is 0 Å². The lowest BCUT2D eigenvalue weighted by atomic mass is 10.1. The number of nitrogens with zero attached hydrogens (tertiary/aromatic N) is 1. The lowest BCUT2D eigenvalue weighted by Crippen LogP contribution is -2.43. The van der Waals surface area contributed by atoms with E-state index in [-0.39, 0.29) is 11.8 Å². The van der Waals surface area contributed by atoms with E-state index in [4.69, 9.17) is 27.9 Å². The molecule has 2 aromatic rings. The number of anilines is 1. The number of likely N-dealkylation sites (tertiary alicyclic amines) is 1. The molecule has 1 N–H and O–H groups in total. The predicted molar refractivity (Wildman–Crippen MR) is 107 cm³/mol. The number of amides is 2. The van der Waals surface area contributed by atoms with Gasteiger partial charge in [0.25, 0.3) is 5.91 Å². The highest BCUT2D eigenvalue weighted by molar-refractivity contribution is 6.31. The first-order valence-corrected chi connectivity index (χ1v) is 9.38. The SMILES string of the molecule is COc1ccc(Cl)cc1C(=O)N1CCCC1C(=O)Nc1cc(Cl)ccc1C. The Bertz CT molecular complexity index is 886. The molecule has 5 nitrogen and oxygen atoms in total. The van der Waals surface area contributed by atoms with Crippen LogP contribution in [-0.4, -0.2) is 36.4 Å². The maximum atomic E-state index is 13.1. The van der Waals surface area contributed by atoms with E-state index in [0.717, 1.165) is 12.0 Å². The molecule has 1 aliphatic rings. The maximum Gasteiger partial charge on any atom is 0.258 e. The van der Waals surface area contributed by atoms with Gasteiger partial charge in [0.05, 0.1) is 12.7 Å². The quantitative estimate of drug-likeness (QED) is 0.809. The highest BCUT2D eigenvalue weighted by Gasteiger charge is 2.35. The Kier molecular flexibility index (Phi) is 5.92.